The number of hydrogen-bond acceptors (Lipinski definition) is 3. The molecule has 0 saturated carbocycles. The predicted octanol–water partition coefficient (Wildman–Crippen LogP) is 3.25. The van der Waals surface area contributed by atoms with Crippen LogP contribution in [0, 0.1) is 0 Å². The van der Waals surface area contributed by atoms with Gasteiger partial charge in [0.05, 0.1) is 0 Å². The summed E-state index contributed by atoms with van der Waals surface area (Å²) in [6.45, 7) is 5.65. The molecule has 0 aliphatic rings. The molecule has 29 heavy (non-hydrogen) atoms. The third-order valence-corrected chi connectivity index (χ3v) is 4.53. The van der Waals surface area contributed by atoms with Gasteiger partial charge < -0.3 is 20.9 Å². The van der Waals surface area contributed by atoms with Gasteiger partial charge in [0.25, 0.3) is 5.91 Å². The largest absolute Gasteiger partial charge is 0.372 e. The van der Waals surface area contributed by atoms with Gasteiger partial charge in [0.1, 0.15) is 0 Å². The average molecular weight is 509 g/mol. The van der Waals surface area contributed by atoms with Crippen LogP contribution in [-0.4, -0.2) is 45.6 Å². The normalized spacial score (nSPS) is 10.7. The molecule has 0 fully saturated rings. The highest BCUT2D eigenvalue weighted by molar-refractivity contribution is 14.0. The van der Waals surface area contributed by atoms with Crippen molar-refractivity contribution in [1.29, 1.82) is 0 Å². The molecule has 7 heteroatoms. The number of para-hydroxylation sites is 1. The van der Waals surface area contributed by atoms with Gasteiger partial charge in [0.15, 0.2) is 5.96 Å². The summed E-state index contributed by atoms with van der Waals surface area (Å²) in [5.74, 6) is 0.701. The quantitative estimate of drug-likeness (QED) is 0.210. The number of hydrogen-bond donors (Lipinski definition) is 3. The molecule has 0 spiro atoms. The number of carbonyl (C=O) groups excluding carboxylic acids is 1. The number of nitrogens with one attached hydrogen (secondary N) is 3. The van der Waals surface area contributed by atoms with E-state index < -0.39 is 0 Å². The van der Waals surface area contributed by atoms with Crippen molar-refractivity contribution in [1.82, 2.24) is 16.0 Å². The minimum absolute atomic E-state index is 0. The molecule has 2 rings (SSSR count). The summed E-state index contributed by atoms with van der Waals surface area (Å²) >= 11 is 0. The Morgan fingerprint density at radius 3 is 2.31 bits per heavy atom. The van der Waals surface area contributed by atoms with Gasteiger partial charge in [-0.15, -0.1) is 24.0 Å². The monoisotopic (exact) mass is 509 g/mol. The summed E-state index contributed by atoms with van der Waals surface area (Å²) in [7, 11) is 3.40. The van der Waals surface area contributed by atoms with E-state index in [9.17, 15) is 4.79 Å². The molecule has 0 heterocycles. The minimum atomic E-state index is -0.0754. The minimum Gasteiger partial charge on any atom is -0.372 e. The standard InChI is InChI=1S/C22H31N5O.HI/c1-4-27(20-9-6-5-7-10-20)16-8-15-25-22(24-3)26-17-18-11-13-19(14-12-18)21(28)23-2;/h5-7,9-14H,4,8,15-17H2,1-3H3,(H,23,28)(H2,24,25,26);1H. The number of nitrogens with zero attached hydrogens (tertiary/aromatic N) is 2. The molecule has 0 bridgehead atoms. The van der Waals surface area contributed by atoms with Gasteiger partial charge in [-0.05, 0) is 43.2 Å². The first-order valence-electron chi connectivity index (χ1n) is 9.73. The van der Waals surface area contributed by atoms with Crippen LogP contribution in [0.5, 0.6) is 0 Å². The zero-order valence-electron chi connectivity index (χ0n) is 17.4. The topological polar surface area (TPSA) is 68.8 Å². The second-order valence-corrected chi connectivity index (χ2v) is 6.40. The molecule has 2 aromatic rings. The van der Waals surface area contributed by atoms with Crippen LogP contribution in [0.15, 0.2) is 59.6 Å². The van der Waals surface area contributed by atoms with Crippen molar-refractivity contribution >= 4 is 41.5 Å². The first-order chi connectivity index (χ1) is 13.7. The molecule has 0 radical (unpaired) electrons. The summed E-state index contributed by atoms with van der Waals surface area (Å²) in [6, 6.07) is 18.0. The van der Waals surface area contributed by atoms with Crippen molar-refractivity contribution in [2.24, 2.45) is 4.99 Å². The maximum atomic E-state index is 11.6. The lowest BCUT2D eigenvalue weighted by Gasteiger charge is -2.23. The SMILES string of the molecule is CCN(CCCNC(=NC)NCc1ccc(C(=O)NC)cc1)c1ccccc1.I. The van der Waals surface area contributed by atoms with Crippen molar-refractivity contribution in [2.75, 3.05) is 38.6 Å². The number of halogens is 1. The van der Waals surface area contributed by atoms with E-state index in [2.05, 4.69) is 57.0 Å². The maximum Gasteiger partial charge on any atom is 0.251 e. The zero-order valence-corrected chi connectivity index (χ0v) is 19.8. The fraction of sp³-hybridized carbons (Fsp3) is 0.364. The lowest BCUT2D eigenvalue weighted by atomic mass is 10.1. The Bertz CT molecular complexity index is 750. The Labute approximate surface area is 191 Å². The van der Waals surface area contributed by atoms with Crippen molar-refractivity contribution in [2.45, 2.75) is 19.9 Å². The predicted molar refractivity (Wildman–Crippen MR) is 132 cm³/mol. The fourth-order valence-corrected chi connectivity index (χ4v) is 2.91. The molecule has 0 unspecified atom stereocenters. The lowest BCUT2D eigenvalue weighted by molar-refractivity contribution is 0.0963. The van der Waals surface area contributed by atoms with Crippen molar-refractivity contribution in [3.8, 4) is 0 Å². The van der Waals surface area contributed by atoms with E-state index in [0.717, 1.165) is 37.6 Å². The van der Waals surface area contributed by atoms with Crippen molar-refractivity contribution in [3.63, 3.8) is 0 Å². The first-order valence-corrected chi connectivity index (χ1v) is 9.73. The summed E-state index contributed by atoms with van der Waals surface area (Å²) in [6.07, 6.45) is 1.02. The highest BCUT2D eigenvalue weighted by Gasteiger charge is 2.05. The van der Waals surface area contributed by atoms with E-state index >= 15 is 0 Å². The lowest BCUT2D eigenvalue weighted by Crippen LogP contribution is -2.38. The molecule has 2 aromatic carbocycles. The molecule has 3 N–H and O–H groups in total. The average Bonchev–Trinajstić information content (AvgIpc) is 2.76. The van der Waals surface area contributed by atoms with E-state index in [1.165, 1.54) is 5.69 Å². The van der Waals surface area contributed by atoms with Gasteiger partial charge in [0, 0.05) is 51.5 Å². The fourth-order valence-electron chi connectivity index (χ4n) is 2.91. The summed E-state index contributed by atoms with van der Waals surface area (Å²) in [5, 5.41) is 9.29. The van der Waals surface area contributed by atoms with Gasteiger partial charge in [-0.2, -0.15) is 0 Å². The van der Waals surface area contributed by atoms with Gasteiger partial charge in [-0.25, -0.2) is 0 Å². The van der Waals surface area contributed by atoms with Crippen LogP contribution < -0.4 is 20.9 Å². The van der Waals surface area contributed by atoms with Crippen LogP contribution in [-0.2, 0) is 6.54 Å². The zero-order chi connectivity index (χ0) is 20.2. The van der Waals surface area contributed by atoms with Crippen LogP contribution in [0.3, 0.4) is 0 Å². The molecule has 6 nitrogen and oxygen atoms in total. The van der Waals surface area contributed by atoms with Crippen LogP contribution >= 0.6 is 24.0 Å². The first kappa shape index (κ1) is 24.7. The molecule has 0 saturated heterocycles. The third-order valence-electron chi connectivity index (χ3n) is 4.53. The maximum absolute atomic E-state index is 11.6. The summed E-state index contributed by atoms with van der Waals surface area (Å²) < 4.78 is 0. The molecule has 1 amide bonds. The van der Waals surface area contributed by atoms with E-state index in [4.69, 9.17) is 0 Å². The second kappa shape index (κ2) is 13.8. The van der Waals surface area contributed by atoms with Crippen LogP contribution in [0.1, 0.15) is 29.3 Å². The molecular formula is C22H32IN5O. The van der Waals surface area contributed by atoms with E-state index in [1.54, 1.807) is 14.1 Å². The van der Waals surface area contributed by atoms with Crippen LogP contribution in [0.25, 0.3) is 0 Å². The molecule has 0 aromatic heterocycles. The van der Waals surface area contributed by atoms with Crippen molar-refractivity contribution < 1.29 is 4.79 Å². The second-order valence-electron chi connectivity index (χ2n) is 6.40. The number of amides is 1. The Hall–Kier alpha value is -2.29. The van der Waals surface area contributed by atoms with Gasteiger partial charge in [0.2, 0.25) is 0 Å². The Balaban J connectivity index is 0.00000420. The number of aliphatic imine (C=N–C) groups is 1. The van der Waals surface area contributed by atoms with E-state index in [0.29, 0.717) is 12.1 Å². The molecule has 158 valence electrons. The third kappa shape index (κ3) is 8.31. The summed E-state index contributed by atoms with van der Waals surface area (Å²) in [4.78, 5) is 18.2. The van der Waals surface area contributed by atoms with E-state index in [-0.39, 0.29) is 29.9 Å². The summed E-state index contributed by atoms with van der Waals surface area (Å²) in [5.41, 5.74) is 3.01. The molecule has 0 aliphatic heterocycles. The number of carbonyl (C=O) groups is 1. The molecular weight excluding hydrogens is 477 g/mol. The molecule has 0 aliphatic carbocycles. The number of rotatable bonds is 9. The van der Waals surface area contributed by atoms with Crippen molar-refractivity contribution in [3.05, 3.63) is 65.7 Å². The van der Waals surface area contributed by atoms with Crippen LogP contribution in [0.2, 0.25) is 0 Å². The van der Waals surface area contributed by atoms with Gasteiger partial charge in [-0.1, -0.05) is 30.3 Å². The van der Waals surface area contributed by atoms with Gasteiger partial charge in [-0.3, -0.25) is 9.79 Å². The Morgan fingerprint density at radius 2 is 1.72 bits per heavy atom. The van der Waals surface area contributed by atoms with Gasteiger partial charge >= 0.3 is 0 Å². The number of benzene rings is 2. The Morgan fingerprint density at radius 1 is 1.03 bits per heavy atom. The number of anilines is 1. The highest BCUT2D eigenvalue weighted by Crippen LogP contribution is 2.12. The highest BCUT2D eigenvalue weighted by atomic mass is 127. The smallest absolute Gasteiger partial charge is 0.251 e. The van der Waals surface area contributed by atoms with E-state index in [1.807, 2.05) is 30.3 Å². The molecule has 0 atom stereocenters. The van der Waals surface area contributed by atoms with Crippen LogP contribution in [0.4, 0.5) is 5.69 Å². The number of guanidine groups is 1. The Kier molecular flexibility index (Phi) is 11.8.